The van der Waals surface area contributed by atoms with E-state index in [1.807, 2.05) is 0 Å². The van der Waals surface area contributed by atoms with Crippen LogP contribution >= 0.6 is 0 Å². The molecule has 0 aliphatic rings. The molecule has 2 aromatic heterocycles. The number of pyridine rings is 1. The van der Waals surface area contributed by atoms with Gasteiger partial charge in [0.1, 0.15) is 22.5 Å². The van der Waals surface area contributed by atoms with Crippen LogP contribution in [0, 0.1) is 4.91 Å². The van der Waals surface area contributed by atoms with Crippen LogP contribution < -0.4 is 5.73 Å². The van der Waals surface area contributed by atoms with Gasteiger partial charge in [-0.1, -0.05) is 12.1 Å². The third-order valence-electron chi connectivity index (χ3n) is 3.99. The number of benzene rings is 2. The SMILES string of the molecule is Nc1cncc2nc(-c3ccc(O)cc3)c(-c3ccc(N=O)cc3)nc12. The van der Waals surface area contributed by atoms with E-state index in [0.717, 1.165) is 11.1 Å². The lowest BCUT2D eigenvalue weighted by molar-refractivity contribution is 0.475. The number of nitroso groups, excluding NO2 is 1. The number of nitrogen functional groups attached to an aromatic ring is 1. The van der Waals surface area contributed by atoms with Crippen molar-refractivity contribution in [3.63, 3.8) is 0 Å². The minimum atomic E-state index is 0.163. The Morgan fingerprint density at radius 3 is 2.12 bits per heavy atom. The Kier molecular flexibility index (Phi) is 3.74. The Morgan fingerprint density at radius 1 is 0.846 bits per heavy atom. The quantitative estimate of drug-likeness (QED) is 0.542. The van der Waals surface area contributed by atoms with Gasteiger partial charge in [-0.15, -0.1) is 4.91 Å². The van der Waals surface area contributed by atoms with E-state index in [-0.39, 0.29) is 5.75 Å². The molecule has 0 atom stereocenters. The molecule has 0 aliphatic heterocycles. The first-order valence-corrected chi connectivity index (χ1v) is 7.80. The largest absolute Gasteiger partial charge is 0.508 e. The van der Waals surface area contributed by atoms with Crippen LogP contribution in [0.2, 0.25) is 0 Å². The molecule has 0 radical (unpaired) electrons. The zero-order chi connectivity index (χ0) is 18.1. The van der Waals surface area contributed by atoms with E-state index in [4.69, 9.17) is 10.7 Å². The summed E-state index contributed by atoms with van der Waals surface area (Å²) in [5.41, 5.74) is 10.7. The number of nitrogens with zero attached hydrogens (tertiary/aromatic N) is 4. The molecule has 0 unspecified atom stereocenters. The number of anilines is 1. The smallest absolute Gasteiger partial charge is 0.116 e. The monoisotopic (exact) mass is 343 g/mol. The van der Waals surface area contributed by atoms with Crippen LogP contribution in [-0.4, -0.2) is 20.1 Å². The van der Waals surface area contributed by atoms with Crippen LogP contribution in [0.15, 0.2) is 66.1 Å². The summed E-state index contributed by atoms with van der Waals surface area (Å²) in [6, 6.07) is 13.4. The molecule has 0 saturated heterocycles. The molecule has 0 fully saturated rings. The van der Waals surface area contributed by atoms with Gasteiger partial charge >= 0.3 is 0 Å². The predicted molar refractivity (Wildman–Crippen MR) is 99.7 cm³/mol. The van der Waals surface area contributed by atoms with Gasteiger partial charge in [-0.2, -0.15) is 0 Å². The Bertz CT molecular complexity index is 1110. The average molecular weight is 343 g/mol. The highest BCUT2D eigenvalue weighted by atomic mass is 16.3. The fourth-order valence-corrected chi connectivity index (χ4v) is 2.70. The lowest BCUT2D eigenvalue weighted by Gasteiger charge is -2.11. The highest BCUT2D eigenvalue weighted by Gasteiger charge is 2.15. The fourth-order valence-electron chi connectivity index (χ4n) is 2.70. The second kappa shape index (κ2) is 6.21. The molecule has 4 rings (SSSR count). The van der Waals surface area contributed by atoms with Gasteiger partial charge < -0.3 is 10.8 Å². The van der Waals surface area contributed by atoms with Gasteiger partial charge in [0.15, 0.2) is 0 Å². The Labute approximate surface area is 148 Å². The van der Waals surface area contributed by atoms with Crippen LogP contribution in [0.3, 0.4) is 0 Å². The van der Waals surface area contributed by atoms with E-state index in [2.05, 4.69) is 15.1 Å². The molecule has 7 heteroatoms. The van der Waals surface area contributed by atoms with Crippen LogP contribution in [0.25, 0.3) is 33.5 Å². The molecule has 0 amide bonds. The number of nitrogens with two attached hydrogens (primary N) is 1. The molecule has 3 N–H and O–H groups in total. The maximum Gasteiger partial charge on any atom is 0.116 e. The number of aromatic hydroxyl groups is 1. The van der Waals surface area contributed by atoms with Crippen LogP contribution in [0.1, 0.15) is 0 Å². The van der Waals surface area contributed by atoms with Gasteiger partial charge in [0.25, 0.3) is 0 Å². The third kappa shape index (κ3) is 2.71. The van der Waals surface area contributed by atoms with Crippen molar-refractivity contribution in [3.05, 3.63) is 65.8 Å². The lowest BCUT2D eigenvalue weighted by atomic mass is 10.0. The minimum absolute atomic E-state index is 0.163. The number of fused-ring (bicyclic) bond motifs is 1. The fraction of sp³-hybridized carbons (Fsp3) is 0. The Hall–Kier alpha value is -3.87. The summed E-state index contributed by atoms with van der Waals surface area (Å²) in [4.78, 5) is 24.1. The number of rotatable bonds is 3. The molecule has 26 heavy (non-hydrogen) atoms. The molecular formula is C19H13N5O2. The van der Waals surface area contributed by atoms with E-state index >= 15 is 0 Å². The second-order valence-corrected chi connectivity index (χ2v) is 5.70. The summed E-state index contributed by atoms with van der Waals surface area (Å²) in [6.45, 7) is 0. The first kappa shape index (κ1) is 15.6. The maximum atomic E-state index is 10.7. The van der Waals surface area contributed by atoms with Crippen molar-refractivity contribution in [1.82, 2.24) is 15.0 Å². The van der Waals surface area contributed by atoms with Crippen molar-refractivity contribution in [1.29, 1.82) is 0 Å². The average Bonchev–Trinajstić information content (AvgIpc) is 2.68. The topological polar surface area (TPSA) is 114 Å². The zero-order valence-corrected chi connectivity index (χ0v) is 13.5. The van der Waals surface area contributed by atoms with Crippen molar-refractivity contribution < 1.29 is 5.11 Å². The molecule has 7 nitrogen and oxygen atoms in total. The highest BCUT2D eigenvalue weighted by molar-refractivity contribution is 5.91. The standard InChI is InChI=1S/C19H13N5O2/c20-15-9-21-10-16-19(15)23-18(11-1-5-13(24-26)6-2-11)17(22-16)12-3-7-14(25)8-4-12/h1-10,25H,20H2. The molecule has 2 aromatic carbocycles. The van der Waals surface area contributed by atoms with Crippen molar-refractivity contribution >= 4 is 22.4 Å². The number of phenolic OH excluding ortho intramolecular Hbond substituents is 1. The van der Waals surface area contributed by atoms with Crippen molar-refractivity contribution in [3.8, 4) is 28.3 Å². The van der Waals surface area contributed by atoms with Crippen molar-refractivity contribution in [2.75, 3.05) is 5.73 Å². The van der Waals surface area contributed by atoms with Gasteiger partial charge in [0, 0.05) is 11.1 Å². The molecule has 4 aromatic rings. The molecule has 126 valence electrons. The van der Waals surface area contributed by atoms with Gasteiger partial charge in [0.05, 0.1) is 29.5 Å². The Morgan fingerprint density at radius 2 is 1.46 bits per heavy atom. The van der Waals surface area contributed by atoms with Crippen molar-refractivity contribution in [2.24, 2.45) is 5.18 Å². The van der Waals surface area contributed by atoms with Crippen LogP contribution in [-0.2, 0) is 0 Å². The summed E-state index contributed by atoms with van der Waals surface area (Å²) >= 11 is 0. The summed E-state index contributed by atoms with van der Waals surface area (Å²) < 4.78 is 0. The van der Waals surface area contributed by atoms with Gasteiger partial charge in [-0.25, -0.2) is 9.97 Å². The molecular weight excluding hydrogens is 330 g/mol. The van der Waals surface area contributed by atoms with E-state index in [9.17, 15) is 10.0 Å². The van der Waals surface area contributed by atoms with E-state index in [0.29, 0.717) is 33.8 Å². The first-order valence-electron chi connectivity index (χ1n) is 7.80. The predicted octanol–water partition coefficient (Wildman–Crippen LogP) is 4.04. The molecule has 2 heterocycles. The van der Waals surface area contributed by atoms with Crippen molar-refractivity contribution in [2.45, 2.75) is 0 Å². The summed E-state index contributed by atoms with van der Waals surface area (Å²) in [5.74, 6) is 0.163. The van der Waals surface area contributed by atoms with Gasteiger partial charge in [-0.05, 0) is 41.6 Å². The summed E-state index contributed by atoms with van der Waals surface area (Å²) in [5, 5.41) is 12.5. The maximum absolute atomic E-state index is 10.7. The normalized spacial score (nSPS) is 10.8. The molecule has 0 bridgehead atoms. The highest BCUT2D eigenvalue weighted by Crippen LogP contribution is 2.33. The van der Waals surface area contributed by atoms with Crippen LogP contribution in [0.4, 0.5) is 11.4 Å². The van der Waals surface area contributed by atoms with E-state index < -0.39 is 0 Å². The number of hydrogen-bond acceptors (Lipinski definition) is 7. The third-order valence-corrected chi connectivity index (χ3v) is 3.99. The lowest BCUT2D eigenvalue weighted by Crippen LogP contribution is -1.99. The van der Waals surface area contributed by atoms with E-state index in [1.165, 1.54) is 6.20 Å². The molecule has 0 spiro atoms. The van der Waals surface area contributed by atoms with Crippen LogP contribution in [0.5, 0.6) is 5.75 Å². The number of phenols is 1. The number of aromatic nitrogens is 3. The van der Waals surface area contributed by atoms with Gasteiger partial charge in [-0.3, -0.25) is 4.98 Å². The first-order chi connectivity index (χ1) is 12.7. The second-order valence-electron chi connectivity index (χ2n) is 5.70. The number of hydrogen-bond donors (Lipinski definition) is 2. The van der Waals surface area contributed by atoms with E-state index in [1.54, 1.807) is 54.7 Å². The molecule has 0 aliphatic carbocycles. The summed E-state index contributed by atoms with van der Waals surface area (Å²) in [7, 11) is 0. The Balaban J connectivity index is 2.00. The zero-order valence-electron chi connectivity index (χ0n) is 13.5. The molecule has 0 saturated carbocycles. The van der Waals surface area contributed by atoms with Gasteiger partial charge in [0.2, 0.25) is 0 Å². The summed E-state index contributed by atoms with van der Waals surface area (Å²) in [6.07, 6.45) is 3.13. The minimum Gasteiger partial charge on any atom is -0.508 e.